The van der Waals surface area contributed by atoms with E-state index in [0.29, 0.717) is 10.9 Å². The number of nitrogens with zero attached hydrogens (tertiary/aromatic N) is 3. The third-order valence-electron chi connectivity index (χ3n) is 4.74. The molecule has 6 heteroatoms. The Hall–Kier alpha value is -2.21. The Morgan fingerprint density at radius 2 is 2.20 bits per heavy atom. The fraction of sp³-hybridized carbons (Fsp3) is 0.526. The molecule has 0 unspecified atom stereocenters. The topological polar surface area (TPSA) is 67.2 Å². The molecule has 134 valence electrons. The first-order valence-electron chi connectivity index (χ1n) is 8.99. The fourth-order valence-corrected chi connectivity index (χ4v) is 3.63. The van der Waals surface area contributed by atoms with Crippen molar-refractivity contribution in [1.82, 2.24) is 20.0 Å². The Morgan fingerprint density at radius 3 is 3.00 bits per heavy atom. The highest BCUT2D eigenvalue weighted by atomic mass is 16.2. The number of hydrogen-bond donors (Lipinski definition) is 1. The van der Waals surface area contributed by atoms with Crippen LogP contribution in [0.2, 0.25) is 0 Å². The Balaban J connectivity index is 1.61. The lowest BCUT2D eigenvalue weighted by atomic mass is 10.00. The summed E-state index contributed by atoms with van der Waals surface area (Å²) in [5, 5.41) is 7.75. The third-order valence-corrected chi connectivity index (χ3v) is 4.74. The van der Waals surface area contributed by atoms with E-state index in [9.17, 15) is 9.59 Å². The largest absolute Gasteiger partial charge is 0.351 e. The highest BCUT2D eigenvalue weighted by Crippen LogP contribution is 2.15. The summed E-state index contributed by atoms with van der Waals surface area (Å²) >= 11 is 0. The molecule has 2 atom stereocenters. The van der Waals surface area contributed by atoms with Crippen molar-refractivity contribution < 1.29 is 4.79 Å². The van der Waals surface area contributed by atoms with Crippen molar-refractivity contribution in [2.45, 2.75) is 39.3 Å². The number of amides is 1. The van der Waals surface area contributed by atoms with Crippen molar-refractivity contribution in [3.8, 4) is 0 Å². The van der Waals surface area contributed by atoms with Crippen molar-refractivity contribution in [3.05, 3.63) is 40.7 Å². The van der Waals surface area contributed by atoms with Gasteiger partial charge in [-0.05, 0) is 44.4 Å². The molecule has 0 bridgehead atoms. The first kappa shape index (κ1) is 17.6. The summed E-state index contributed by atoms with van der Waals surface area (Å²) in [6.45, 7) is 7.51. The van der Waals surface area contributed by atoms with Gasteiger partial charge in [-0.1, -0.05) is 19.1 Å². The monoisotopic (exact) mass is 342 g/mol. The van der Waals surface area contributed by atoms with E-state index in [1.165, 1.54) is 19.0 Å². The molecule has 1 amide bonds. The van der Waals surface area contributed by atoms with Crippen LogP contribution in [0.15, 0.2) is 35.3 Å². The van der Waals surface area contributed by atoms with Crippen LogP contribution in [0.25, 0.3) is 10.9 Å². The molecule has 0 saturated carbocycles. The van der Waals surface area contributed by atoms with Gasteiger partial charge in [0.1, 0.15) is 6.54 Å². The standard InChI is InChI=1S/C19H26N4O2/c1-14-6-5-9-22(11-14)12-15(2)21-19(25)13-23-17-8-4-3-7-16(17)18(24)10-20-23/h3-4,7-8,10,14-15H,5-6,9,11-13H2,1-2H3,(H,21,25)/t14-,15-/m0/s1. The van der Waals surface area contributed by atoms with E-state index in [4.69, 9.17) is 0 Å². The highest BCUT2D eigenvalue weighted by Gasteiger charge is 2.19. The Kier molecular flexibility index (Phi) is 5.48. The molecule has 25 heavy (non-hydrogen) atoms. The van der Waals surface area contributed by atoms with E-state index < -0.39 is 0 Å². The molecule has 2 aromatic rings. The maximum absolute atomic E-state index is 12.4. The zero-order chi connectivity index (χ0) is 17.8. The summed E-state index contributed by atoms with van der Waals surface area (Å²) < 4.78 is 1.59. The SMILES string of the molecule is C[C@H]1CCCN(C[C@H](C)NC(=O)Cn2ncc(=O)c3ccccc32)C1. The van der Waals surface area contributed by atoms with Crippen LogP contribution in [0.1, 0.15) is 26.7 Å². The van der Waals surface area contributed by atoms with Gasteiger partial charge in [-0.3, -0.25) is 14.3 Å². The van der Waals surface area contributed by atoms with E-state index in [1.807, 2.05) is 25.1 Å². The first-order valence-corrected chi connectivity index (χ1v) is 8.99. The van der Waals surface area contributed by atoms with Gasteiger partial charge in [0.2, 0.25) is 11.3 Å². The third kappa shape index (κ3) is 4.45. The van der Waals surface area contributed by atoms with Crippen molar-refractivity contribution in [3.63, 3.8) is 0 Å². The number of para-hydroxylation sites is 1. The summed E-state index contributed by atoms with van der Waals surface area (Å²) in [7, 11) is 0. The molecular weight excluding hydrogens is 316 g/mol. The number of likely N-dealkylation sites (tertiary alicyclic amines) is 1. The average Bonchev–Trinajstić information content (AvgIpc) is 2.57. The number of hydrogen-bond acceptors (Lipinski definition) is 4. The molecule has 6 nitrogen and oxygen atoms in total. The summed E-state index contributed by atoms with van der Waals surface area (Å²) in [5.41, 5.74) is 0.558. The molecule has 3 rings (SSSR count). The first-order chi connectivity index (χ1) is 12.0. The zero-order valence-electron chi connectivity index (χ0n) is 14.9. The van der Waals surface area contributed by atoms with Crippen LogP contribution >= 0.6 is 0 Å². The molecular formula is C19H26N4O2. The summed E-state index contributed by atoms with van der Waals surface area (Å²) in [6.07, 6.45) is 3.80. The van der Waals surface area contributed by atoms with Crippen LogP contribution in [-0.4, -0.2) is 46.3 Å². The molecule has 1 aliphatic heterocycles. The fourth-order valence-electron chi connectivity index (χ4n) is 3.63. The van der Waals surface area contributed by atoms with Gasteiger partial charge in [0.05, 0.1) is 11.7 Å². The average molecular weight is 342 g/mol. The number of rotatable bonds is 5. The van der Waals surface area contributed by atoms with Crippen LogP contribution < -0.4 is 10.7 Å². The van der Waals surface area contributed by atoms with Gasteiger partial charge in [-0.25, -0.2) is 0 Å². The molecule has 1 fully saturated rings. The summed E-state index contributed by atoms with van der Waals surface area (Å²) in [5.74, 6) is 0.646. The maximum Gasteiger partial charge on any atom is 0.242 e. The van der Waals surface area contributed by atoms with E-state index in [1.54, 1.807) is 10.7 Å². The number of benzene rings is 1. The predicted octanol–water partition coefficient (Wildman–Crippen LogP) is 1.63. The minimum Gasteiger partial charge on any atom is -0.351 e. The zero-order valence-corrected chi connectivity index (χ0v) is 14.9. The molecule has 1 aliphatic rings. The van der Waals surface area contributed by atoms with E-state index in [0.717, 1.165) is 25.6 Å². The lowest BCUT2D eigenvalue weighted by Gasteiger charge is -2.32. The van der Waals surface area contributed by atoms with Gasteiger partial charge in [0, 0.05) is 24.5 Å². The highest BCUT2D eigenvalue weighted by molar-refractivity contribution is 5.81. The molecule has 0 radical (unpaired) electrons. The van der Waals surface area contributed by atoms with Gasteiger partial charge >= 0.3 is 0 Å². The van der Waals surface area contributed by atoms with Crippen molar-refractivity contribution in [1.29, 1.82) is 0 Å². The molecule has 0 spiro atoms. The Morgan fingerprint density at radius 1 is 1.40 bits per heavy atom. The van der Waals surface area contributed by atoms with Crippen LogP contribution in [0, 0.1) is 5.92 Å². The normalized spacial score (nSPS) is 19.7. The molecule has 2 heterocycles. The molecule has 1 aromatic heterocycles. The number of carbonyl (C=O) groups excluding carboxylic acids is 1. The molecule has 1 N–H and O–H groups in total. The maximum atomic E-state index is 12.4. The molecule has 1 saturated heterocycles. The van der Waals surface area contributed by atoms with Crippen LogP contribution in [0.5, 0.6) is 0 Å². The van der Waals surface area contributed by atoms with Crippen molar-refractivity contribution >= 4 is 16.8 Å². The lowest BCUT2D eigenvalue weighted by molar-refractivity contribution is -0.122. The summed E-state index contributed by atoms with van der Waals surface area (Å²) in [6, 6.07) is 7.32. The smallest absolute Gasteiger partial charge is 0.242 e. The van der Waals surface area contributed by atoms with E-state index >= 15 is 0 Å². The lowest BCUT2D eigenvalue weighted by Crippen LogP contribution is -2.46. The molecule has 1 aromatic carbocycles. The van der Waals surface area contributed by atoms with E-state index in [-0.39, 0.29) is 23.9 Å². The predicted molar refractivity (Wildman–Crippen MR) is 98.4 cm³/mol. The Labute approximate surface area is 147 Å². The number of piperidine rings is 1. The van der Waals surface area contributed by atoms with Crippen LogP contribution in [0.4, 0.5) is 0 Å². The Bertz CT molecular complexity index is 801. The number of fused-ring (bicyclic) bond motifs is 1. The number of aromatic nitrogens is 2. The second kappa shape index (κ2) is 7.78. The van der Waals surface area contributed by atoms with Crippen molar-refractivity contribution in [2.75, 3.05) is 19.6 Å². The van der Waals surface area contributed by atoms with E-state index in [2.05, 4.69) is 22.2 Å². The van der Waals surface area contributed by atoms with Crippen LogP contribution in [0.3, 0.4) is 0 Å². The van der Waals surface area contributed by atoms with Crippen molar-refractivity contribution in [2.24, 2.45) is 5.92 Å². The van der Waals surface area contributed by atoms with Crippen LogP contribution in [-0.2, 0) is 11.3 Å². The van der Waals surface area contributed by atoms with Gasteiger partial charge in [-0.2, -0.15) is 5.10 Å². The molecule has 0 aliphatic carbocycles. The van der Waals surface area contributed by atoms with Gasteiger partial charge in [0.15, 0.2) is 0 Å². The van der Waals surface area contributed by atoms with Gasteiger partial charge in [-0.15, -0.1) is 0 Å². The number of nitrogens with one attached hydrogen (secondary N) is 1. The number of carbonyl (C=O) groups is 1. The second-order valence-electron chi connectivity index (χ2n) is 7.16. The summed E-state index contributed by atoms with van der Waals surface area (Å²) in [4.78, 5) is 26.7. The minimum atomic E-state index is -0.125. The van der Waals surface area contributed by atoms with Gasteiger partial charge in [0.25, 0.3) is 0 Å². The second-order valence-corrected chi connectivity index (χ2v) is 7.16. The quantitative estimate of drug-likeness (QED) is 0.897. The van der Waals surface area contributed by atoms with Gasteiger partial charge < -0.3 is 10.2 Å². The minimum absolute atomic E-state index is 0.0844.